The second-order valence-electron chi connectivity index (χ2n) is 6.06. The molecule has 0 saturated heterocycles. The number of nitrogens with zero attached hydrogens (tertiary/aromatic N) is 1. The van der Waals surface area contributed by atoms with Gasteiger partial charge < -0.3 is 5.32 Å². The fourth-order valence-electron chi connectivity index (χ4n) is 3.06. The van der Waals surface area contributed by atoms with Crippen LogP contribution in [0, 0.1) is 0 Å². The second kappa shape index (κ2) is 7.62. The van der Waals surface area contributed by atoms with Gasteiger partial charge in [0.05, 0.1) is 0 Å². The Kier molecular flexibility index (Phi) is 5.30. The summed E-state index contributed by atoms with van der Waals surface area (Å²) in [6, 6.07) is 17.8. The highest BCUT2D eigenvalue weighted by Gasteiger charge is 2.30. The molecule has 0 fully saturated rings. The number of hydrogen-bond donors (Lipinski definition) is 1. The van der Waals surface area contributed by atoms with E-state index in [-0.39, 0.29) is 12.1 Å². The lowest BCUT2D eigenvalue weighted by Crippen LogP contribution is -2.44. The van der Waals surface area contributed by atoms with E-state index in [0.29, 0.717) is 18.1 Å². The van der Waals surface area contributed by atoms with Crippen LogP contribution in [0.25, 0.3) is 0 Å². The number of urea groups is 1. The van der Waals surface area contributed by atoms with Gasteiger partial charge in [-0.1, -0.05) is 48.5 Å². The molecular formula is C19H22N2O2S. The number of amides is 2. The molecule has 0 aromatic heterocycles. The number of anilines is 1. The van der Waals surface area contributed by atoms with Crippen molar-refractivity contribution in [2.24, 2.45) is 0 Å². The maximum absolute atomic E-state index is 12.5. The summed E-state index contributed by atoms with van der Waals surface area (Å²) in [6.45, 7) is 2.47. The third-order valence-corrected chi connectivity index (χ3v) is 5.52. The summed E-state index contributed by atoms with van der Waals surface area (Å²) in [5.41, 5.74) is 3.24. The lowest BCUT2D eigenvalue weighted by molar-refractivity contribution is 0.245. The van der Waals surface area contributed by atoms with Crippen LogP contribution >= 0.6 is 0 Å². The van der Waals surface area contributed by atoms with Crippen molar-refractivity contribution in [1.29, 1.82) is 0 Å². The molecule has 0 saturated carbocycles. The molecule has 5 heteroatoms. The van der Waals surface area contributed by atoms with Gasteiger partial charge in [-0.15, -0.1) is 0 Å². The minimum Gasteiger partial charge on any atom is -0.337 e. The molecule has 1 aliphatic heterocycles. The highest BCUT2D eigenvalue weighted by atomic mass is 32.2. The summed E-state index contributed by atoms with van der Waals surface area (Å²) < 4.78 is 12.1. The number of carbonyl (C=O) groups excluding carboxylic acids is 1. The van der Waals surface area contributed by atoms with Crippen LogP contribution in [0.2, 0.25) is 0 Å². The zero-order valence-corrected chi connectivity index (χ0v) is 14.6. The molecule has 2 aromatic rings. The summed E-state index contributed by atoms with van der Waals surface area (Å²) in [5.74, 6) is 0.990. The molecule has 2 amide bonds. The predicted molar refractivity (Wildman–Crippen MR) is 98.6 cm³/mol. The molecule has 1 N–H and O–H groups in total. The highest BCUT2D eigenvalue weighted by Crippen LogP contribution is 2.31. The molecule has 126 valence electrons. The van der Waals surface area contributed by atoms with Crippen molar-refractivity contribution < 1.29 is 9.00 Å². The van der Waals surface area contributed by atoms with Gasteiger partial charge in [0.15, 0.2) is 0 Å². The SMILES string of the molecule is CC1Cc2ccccc2N1C(=O)NCCS(=O)Cc1ccccc1. The van der Waals surface area contributed by atoms with Gasteiger partial charge in [0, 0.05) is 40.6 Å². The Bertz CT molecular complexity index is 733. The summed E-state index contributed by atoms with van der Waals surface area (Å²) in [4.78, 5) is 14.3. The predicted octanol–water partition coefficient (Wildman–Crippen LogP) is 3.10. The van der Waals surface area contributed by atoms with Crippen LogP contribution in [0.1, 0.15) is 18.1 Å². The number of hydrogen-bond acceptors (Lipinski definition) is 2. The molecule has 1 heterocycles. The van der Waals surface area contributed by atoms with E-state index in [1.165, 1.54) is 5.56 Å². The quantitative estimate of drug-likeness (QED) is 0.908. The van der Waals surface area contributed by atoms with Gasteiger partial charge in [0.1, 0.15) is 0 Å². The van der Waals surface area contributed by atoms with Crippen LogP contribution in [0.5, 0.6) is 0 Å². The molecular weight excluding hydrogens is 320 g/mol. The molecule has 1 aliphatic rings. The van der Waals surface area contributed by atoms with Gasteiger partial charge in [0.2, 0.25) is 0 Å². The van der Waals surface area contributed by atoms with Crippen LogP contribution in [0.4, 0.5) is 10.5 Å². The minimum atomic E-state index is -0.976. The third kappa shape index (κ3) is 3.85. The highest BCUT2D eigenvalue weighted by molar-refractivity contribution is 7.84. The van der Waals surface area contributed by atoms with Crippen LogP contribution < -0.4 is 10.2 Å². The van der Waals surface area contributed by atoms with Crippen molar-refractivity contribution in [3.8, 4) is 0 Å². The molecule has 4 nitrogen and oxygen atoms in total. The number of para-hydroxylation sites is 1. The average molecular weight is 342 g/mol. The first-order valence-electron chi connectivity index (χ1n) is 8.19. The molecule has 0 bridgehead atoms. The number of nitrogens with one attached hydrogen (secondary N) is 1. The number of carbonyl (C=O) groups is 1. The minimum absolute atomic E-state index is 0.107. The Morgan fingerprint density at radius 1 is 1.17 bits per heavy atom. The van der Waals surface area contributed by atoms with E-state index in [9.17, 15) is 9.00 Å². The van der Waals surface area contributed by atoms with E-state index in [1.807, 2.05) is 55.5 Å². The first-order valence-corrected chi connectivity index (χ1v) is 9.68. The number of fused-ring (bicyclic) bond motifs is 1. The summed E-state index contributed by atoms with van der Waals surface area (Å²) >= 11 is 0. The summed E-state index contributed by atoms with van der Waals surface area (Å²) in [5, 5.41) is 2.91. The van der Waals surface area contributed by atoms with Gasteiger partial charge in [0.25, 0.3) is 0 Å². The van der Waals surface area contributed by atoms with Crippen LogP contribution in [-0.4, -0.2) is 28.6 Å². The number of benzene rings is 2. The zero-order chi connectivity index (χ0) is 16.9. The molecule has 2 unspecified atom stereocenters. The first-order chi connectivity index (χ1) is 11.6. The summed E-state index contributed by atoms with van der Waals surface area (Å²) in [7, 11) is -0.976. The molecule has 2 atom stereocenters. The van der Waals surface area contributed by atoms with E-state index in [0.717, 1.165) is 17.7 Å². The van der Waals surface area contributed by atoms with Crippen LogP contribution in [0.3, 0.4) is 0 Å². The van der Waals surface area contributed by atoms with Gasteiger partial charge in [-0.05, 0) is 30.5 Å². The van der Waals surface area contributed by atoms with Crippen molar-refractivity contribution in [3.63, 3.8) is 0 Å². The van der Waals surface area contributed by atoms with Crippen molar-refractivity contribution >= 4 is 22.5 Å². The summed E-state index contributed by atoms with van der Waals surface area (Å²) in [6.07, 6.45) is 0.879. The normalized spacial score (nSPS) is 17.4. The van der Waals surface area contributed by atoms with Gasteiger partial charge in [-0.3, -0.25) is 9.11 Å². The van der Waals surface area contributed by atoms with Crippen molar-refractivity contribution in [3.05, 3.63) is 65.7 Å². The van der Waals surface area contributed by atoms with E-state index in [2.05, 4.69) is 11.4 Å². The monoisotopic (exact) mass is 342 g/mol. The molecule has 2 aromatic carbocycles. The molecule has 0 spiro atoms. The molecule has 0 radical (unpaired) electrons. The van der Waals surface area contributed by atoms with Gasteiger partial charge >= 0.3 is 6.03 Å². The zero-order valence-electron chi connectivity index (χ0n) is 13.8. The van der Waals surface area contributed by atoms with E-state index < -0.39 is 10.8 Å². The molecule has 24 heavy (non-hydrogen) atoms. The Balaban J connectivity index is 1.50. The van der Waals surface area contributed by atoms with Crippen molar-refractivity contribution in [1.82, 2.24) is 5.32 Å². The Morgan fingerprint density at radius 3 is 2.67 bits per heavy atom. The van der Waals surface area contributed by atoms with Gasteiger partial charge in [-0.2, -0.15) is 0 Å². The molecule has 0 aliphatic carbocycles. The van der Waals surface area contributed by atoms with Crippen LogP contribution in [-0.2, 0) is 23.0 Å². The van der Waals surface area contributed by atoms with E-state index >= 15 is 0 Å². The van der Waals surface area contributed by atoms with E-state index in [1.54, 1.807) is 4.90 Å². The Morgan fingerprint density at radius 2 is 1.88 bits per heavy atom. The second-order valence-corrected chi connectivity index (χ2v) is 7.63. The Hall–Kier alpha value is -2.14. The largest absolute Gasteiger partial charge is 0.337 e. The van der Waals surface area contributed by atoms with Crippen LogP contribution in [0.15, 0.2) is 54.6 Å². The lowest BCUT2D eigenvalue weighted by atomic mass is 10.1. The number of rotatable bonds is 5. The van der Waals surface area contributed by atoms with Gasteiger partial charge in [-0.25, -0.2) is 4.79 Å². The third-order valence-electron chi connectivity index (χ3n) is 4.20. The van der Waals surface area contributed by atoms with E-state index in [4.69, 9.17) is 0 Å². The van der Waals surface area contributed by atoms with Crippen molar-refractivity contribution in [2.45, 2.75) is 25.1 Å². The van der Waals surface area contributed by atoms with Crippen molar-refractivity contribution in [2.75, 3.05) is 17.2 Å². The smallest absolute Gasteiger partial charge is 0.322 e. The maximum Gasteiger partial charge on any atom is 0.322 e. The first kappa shape index (κ1) is 16.7. The fraction of sp³-hybridized carbons (Fsp3) is 0.316. The fourth-order valence-corrected chi connectivity index (χ4v) is 4.10. The average Bonchev–Trinajstić information content (AvgIpc) is 2.91. The molecule has 3 rings (SSSR count). The maximum atomic E-state index is 12.5. The topological polar surface area (TPSA) is 49.4 Å². The standard InChI is InChI=1S/C19H22N2O2S/c1-15-13-17-9-5-6-10-18(17)21(15)19(22)20-11-12-24(23)14-16-7-3-2-4-8-16/h2-10,15H,11-14H2,1H3,(H,20,22). The lowest BCUT2D eigenvalue weighted by Gasteiger charge is -2.23. The Labute approximate surface area is 145 Å².